The fourth-order valence-corrected chi connectivity index (χ4v) is 6.30. The molecule has 0 amide bonds. The lowest BCUT2D eigenvalue weighted by molar-refractivity contribution is 1.18. The van der Waals surface area contributed by atoms with E-state index in [-0.39, 0.29) is 0 Å². The molecular formula is C40H28N2. The van der Waals surface area contributed by atoms with Crippen molar-refractivity contribution in [2.24, 2.45) is 0 Å². The van der Waals surface area contributed by atoms with E-state index in [2.05, 4.69) is 179 Å². The Bertz CT molecular complexity index is 2130. The monoisotopic (exact) mass is 536 g/mol. The van der Waals surface area contributed by atoms with Gasteiger partial charge >= 0.3 is 0 Å². The number of aromatic nitrogens is 1. The second kappa shape index (κ2) is 10.1. The van der Waals surface area contributed by atoms with E-state index in [4.69, 9.17) is 0 Å². The van der Waals surface area contributed by atoms with Gasteiger partial charge in [-0.2, -0.15) is 0 Å². The molecule has 0 aliphatic heterocycles. The second-order valence-electron chi connectivity index (χ2n) is 10.6. The molecule has 0 aliphatic rings. The highest BCUT2D eigenvalue weighted by Gasteiger charge is 2.21. The Morgan fingerprint density at radius 3 is 1.67 bits per heavy atom. The Hall–Kier alpha value is -5.60. The van der Waals surface area contributed by atoms with Gasteiger partial charge in [-0.15, -0.1) is 0 Å². The lowest BCUT2D eigenvalue weighted by atomic mass is 9.95. The zero-order valence-electron chi connectivity index (χ0n) is 23.1. The summed E-state index contributed by atoms with van der Waals surface area (Å²) in [6, 6.07) is 60.8. The van der Waals surface area contributed by atoms with Crippen molar-refractivity contribution in [2.75, 3.05) is 4.90 Å². The first-order valence-corrected chi connectivity index (χ1v) is 14.4. The molecule has 1 heterocycles. The van der Waals surface area contributed by atoms with Crippen molar-refractivity contribution in [3.8, 4) is 16.8 Å². The molecule has 1 aromatic heterocycles. The number of anilines is 3. The predicted octanol–water partition coefficient (Wildman–Crippen LogP) is 11.1. The molecule has 0 saturated carbocycles. The molecule has 2 nitrogen and oxygen atoms in total. The molecule has 0 atom stereocenters. The zero-order valence-corrected chi connectivity index (χ0v) is 23.1. The molecule has 0 spiro atoms. The Labute approximate surface area is 245 Å². The number of hydrogen-bond acceptors (Lipinski definition) is 1. The number of nitrogens with zero attached hydrogens (tertiary/aromatic N) is 2. The topological polar surface area (TPSA) is 8.17 Å². The largest absolute Gasteiger partial charge is 0.310 e. The fraction of sp³-hybridized carbons (Fsp3) is 0. The van der Waals surface area contributed by atoms with Gasteiger partial charge in [0.15, 0.2) is 0 Å². The van der Waals surface area contributed by atoms with E-state index in [9.17, 15) is 0 Å². The van der Waals surface area contributed by atoms with Crippen LogP contribution in [0.5, 0.6) is 0 Å². The van der Waals surface area contributed by atoms with Crippen LogP contribution in [0.3, 0.4) is 0 Å². The third kappa shape index (κ3) is 3.96. The molecule has 0 radical (unpaired) electrons. The van der Waals surface area contributed by atoms with E-state index in [1.54, 1.807) is 0 Å². The van der Waals surface area contributed by atoms with Crippen LogP contribution in [-0.2, 0) is 0 Å². The lowest BCUT2D eigenvalue weighted by Crippen LogP contribution is -2.09. The third-order valence-corrected chi connectivity index (χ3v) is 8.12. The van der Waals surface area contributed by atoms with Gasteiger partial charge in [-0.05, 0) is 71.1 Å². The molecule has 2 heteroatoms. The summed E-state index contributed by atoms with van der Waals surface area (Å²) in [6.45, 7) is 0. The van der Waals surface area contributed by atoms with Gasteiger partial charge in [0, 0.05) is 38.9 Å². The first-order chi connectivity index (χ1) is 20.9. The van der Waals surface area contributed by atoms with E-state index < -0.39 is 0 Å². The molecule has 0 fully saturated rings. The average Bonchev–Trinajstić information content (AvgIpc) is 3.41. The van der Waals surface area contributed by atoms with Gasteiger partial charge in [-0.3, -0.25) is 0 Å². The molecule has 8 aromatic rings. The summed E-state index contributed by atoms with van der Waals surface area (Å²) >= 11 is 0. The molecular weight excluding hydrogens is 508 g/mol. The van der Waals surface area contributed by atoms with Crippen molar-refractivity contribution in [1.29, 1.82) is 0 Å². The summed E-state index contributed by atoms with van der Waals surface area (Å²) in [5, 5.41) is 5.00. The first kappa shape index (κ1) is 24.2. The highest BCUT2D eigenvalue weighted by Crippen LogP contribution is 2.44. The molecule has 0 aliphatic carbocycles. The van der Waals surface area contributed by atoms with Crippen molar-refractivity contribution in [3.05, 3.63) is 170 Å². The van der Waals surface area contributed by atoms with Crippen LogP contribution in [0.2, 0.25) is 0 Å². The number of para-hydroxylation sites is 3. The molecule has 0 bridgehead atoms. The molecule has 7 aromatic carbocycles. The van der Waals surface area contributed by atoms with Crippen molar-refractivity contribution in [2.45, 2.75) is 0 Å². The molecule has 198 valence electrons. The first-order valence-electron chi connectivity index (χ1n) is 14.4. The highest BCUT2D eigenvalue weighted by atomic mass is 15.1. The van der Waals surface area contributed by atoms with Crippen LogP contribution >= 0.6 is 0 Å². The lowest BCUT2D eigenvalue weighted by Gasteiger charge is -2.25. The number of benzene rings is 7. The second-order valence-corrected chi connectivity index (χ2v) is 10.6. The van der Waals surface area contributed by atoms with Crippen LogP contribution in [0.15, 0.2) is 170 Å². The van der Waals surface area contributed by atoms with Gasteiger partial charge in [0.1, 0.15) is 0 Å². The van der Waals surface area contributed by atoms with Crippen LogP contribution in [0.4, 0.5) is 17.1 Å². The van der Waals surface area contributed by atoms with Crippen LogP contribution in [0, 0.1) is 0 Å². The molecule has 0 saturated heterocycles. The van der Waals surface area contributed by atoms with Gasteiger partial charge in [-0.1, -0.05) is 115 Å². The number of hydrogen-bond donors (Lipinski definition) is 0. The minimum absolute atomic E-state index is 1.12. The van der Waals surface area contributed by atoms with E-state index in [1.807, 2.05) is 0 Å². The van der Waals surface area contributed by atoms with Crippen LogP contribution in [-0.4, -0.2) is 4.57 Å². The van der Waals surface area contributed by atoms with Crippen molar-refractivity contribution in [1.82, 2.24) is 4.57 Å². The van der Waals surface area contributed by atoms with E-state index in [0.717, 1.165) is 22.7 Å². The van der Waals surface area contributed by atoms with Gasteiger partial charge in [0.25, 0.3) is 0 Å². The van der Waals surface area contributed by atoms with Crippen molar-refractivity contribution < 1.29 is 0 Å². The van der Waals surface area contributed by atoms with Gasteiger partial charge < -0.3 is 9.47 Å². The summed E-state index contributed by atoms with van der Waals surface area (Å²) in [6.07, 6.45) is 0. The Balaban J connectivity index is 1.52. The number of fused-ring (bicyclic) bond motifs is 5. The van der Waals surface area contributed by atoms with E-state index in [1.165, 1.54) is 43.7 Å². The predicted molar refractivity (Wildman–Crippen MR) is 178 cm³/mol. The summed E-state index contributed by atoms with van der Waals surface area (Å²) < 4.78 is 2.46. The maximum absolute atomic E-state index is 2.46. The standard InChI is InChI=1S/C40H28N2/c1-5-15-29(16-6-1)37-27-30-17-13-14-24-35(30)40-39(37)36-26-25-34(28-38(36)42(40)33-22-11-4-12-23-33)41(31-18-7-2-8-19-31)32-20-9-3-10-21-32/h1-28H. The summed E-state index contributed by atoms with van der Waals surface area (Å²) in [7, 11) is 0. The van der Waals surface area contributed by atoms with Crippen LogP contribution < -0.4 is 4.90 Å². The fourth-order valence-electron chi connectivity index (χ4n) is 6.30. The SMILES string of the molecule is c1ccc(-c2cc3ccccc3c3c2c2ccc(N(c4ccccc4)c4ccccc4)cc2n3-c2ccccc2)cc1. The molecule has 0 unspecified atom stereocenters. The van der Waals surface area contributed by atoms with E-state index >= 15 is 0 Å². The van der Waals surface area contributed by atoms with Crippen molar-refractivity contribution in [3.63, 3.8) is 0 Å². The van der Waals surface area contributed by atoms with E-state index in [0.29, 0.717) is 0 Å². The normalized spacial score (nSPS) is 11.3. The molecule has 0 N–H and O–H groups in total. The maximum atomic E-state index is 2.46. The van der Waals surface area contributed by atoms with Gasteiger partial charge in [0.2, 0.25) is 0 Å². The van der Waals surface area contributed by atoms with Gasteiger partial charge in [-0.25, -0.2) is 0 Å². The average molecular weight is 537 g/mol. The Morgan fingerprint density at radius 1 is 0.429 bits per heavy atom. The Morgan fingerprint density at radius 2 is 1.00 bits per heavy atom. The molecule has 42 heavy (non-hydrogen) atoms. The van der Waals surface area contributed by atoms with Crippen LogP contribution in [0.1, 0.15) is 0 Å². The van der Waals surface area contributed by atoms with Crippen LogP contribution in [0.25, 0.3) is 49.4 Å². The summed E-state index contributed by atoms with van der Waals surface area (Å²) in [4.78, 5) is 2.34. The van der Waals surface area contributed by atoms with Gasteiger partial charge in [0.05, 0.1) is 11.0 Å². The summed E-state index contributed by atoms with van der Waals surface area (Å²) in [5.41, 5.74) is 9.40. The minimum Gasteiger partial charge on any atom is -0.310 e. The quantitative estimate of drug-likeness (QED) is 0.212. The highest BCUT2D eigenvalue weighted by molar-refractivity contribution is 6.24. The smallest absolute Gasteiger partial charge is 0.0625 e. The minimum atomic E-state index is 1.12. The maximum Gasteiger partial charge on any atom is 0.0625 e. The summed E-state index contributed by atoms with van der Waals surface area (Å²) in [5.74, 6) is 0. The van der Waals surface area contributed by atoms with Crippen molar-refractivity contribution >= 4 is 49.6 Å². The molecule has 8 rings (SSSR count). The number of rotatable bonds is 5. The third-order valence-electron chi connectivity index (χ3n) is 8.12. The Kier molecular flexibility index (Phi) is 5.82. The zero-order chi connectivity index (χ0) is 27.9.